The van der Waals surface area contributed by atoms with Crippen LogP contribution in [0.25, 0.3) is 12.2 Å². The van der Waals surface area contributed by atoms with Gasteiger partial charge in [0.2, 0.25) is 17.7 Å². The number of ether oxygens (including phenoxy) is 2. The van der Waals surface area contributed by atoms with Crippen LogP contribution in [0.3, 0.4) is 0 Å². The summed E-state index contributed by atoms with van der Waals surface area (Å²) >= 11 is 0. The van der Waals surface area contributed by atoms with Crippen molar-refractivity contribution in [3.8, 4) is 0 Å². The van der Waals surface area contributed by atoms with Crippen LogP contribution in [0.15, 0.2) is 167 Å². The molecule has 7 heterocycles. The molecule has 12 rings (SSSR count). The number of alkyl carbamates (subject to hydrolysis) is 1. The van der Waals surface area contributed by atoms with E-state index in [0.29, 0.717) is 182 Å². The van der Waals surface area contributed by atoms with Crippen LogP contribution in [0, 0.1) is 11.8 Å². The minimum Gasteiger partial charge on any atom is -0.461 e. The summed E-state index contributed by atoms with van der Waals surface area (Å²) in [5, 5.41) is 19.8. The number of nitrogens with one attached hydrogen (secondary N) is 7. The van der Waals surface area contributed by atoms with Crippen molar-refractivity contribution in [3.63, 3.8) is 0 Å². The van der Waals surface area contributed by atoms with Crippen LogP contribution in [-0.2, 0) is 99.9 Å². The molecule has 2 atom stereocenters. The lowest BCUT2D eigenvalue weighted by Crippen LogP contribution is -2.46. The summed E-state index contributed by atoms with van der Waals surface area (Å²) in [6.07, 6.45) is 16.8. The fourth-order valence-electron chi connectivity index (χ4n) is 17.4. The van der Waals surface area contributed by atoms with Crippen molar-refractivity contribution < 1.29 is 76.6 Å². The summed E-state index contributed by atoms with van der Waals surface area (Å²) in [4.78, 5) is 209. The molecule has 35 nitrogen and oxygen atoms in total. The lowest BCUT2D eigenvalue weighted by atomic mass is 9.88. The lowest BCUT2D eigenvalue weighted by molar-refractivity contribution is -0.145. The summed E-state index contributed by atoms with van der Waals surface area (Å²) in [5.41, 5.74) is 30.1. The number of carbonyl (C=O) groups excluding carboxylic acids is 14. The van der Waals surface area contributed by atoms with Gasteiger partial charge in [-0.3, -0.25) is 87.5 Å². The predicted molar refractivity (Wildman–Crippen MR) is 552 cm³/mol. The second kappa shape index (κ2) is 54.0. The molecule has 35 heteroatoms. The number of aromatic nitrogens is 2. The number of Topliss-reactive ketones (excluding diaryl/α,β-unsaturated/α-hetero) is 2. The molecular weight excluding hydrogens is 1830 g/mol. The first-order chi connectivity index (χ1) is 69.1. The van der Waals surface area contributed by atoms with E-state index in [-0.39, 0.29) is 142 Å². The second-order valence-electron chi connectivity index (χ2n) is 38.1. The summed E-state index contributed by atoms with van der Waals surface area (Å²) < 4.78 is 11.0. The first-order valence-corrected chi connectivity index (χ1v) is 49.9. The topological polar surface area (TPSA) is 486 Å². The number of benzene rings is 5. The average Bonchev–Trinajstić information content (AvgIpc) is 1.66. The molecule has 2 aromatic heterocycles. The van der Waals surface area contributed by atoms with Crippen LogP contribution in [0.4, 0.5) is 32.3 Å². The summed E-state index contributed by atoms with van der Waals surface area (Å²) in [6.45, 7) is 25.4. The van der Waals surface area contributed by atoms with E-state index in [0.717, 1.165) is 90.2 Å². The highest BCUT2D eigenvalue weighted by Gasteiger charge is 2.33. The Balaban J connectivity index is 0.000000311. The molecule has 0 saturated carbocycles. The van der Waals surface area contributed by atoms with Crippen molar-refractivity contribution in [1.82, 2.24) is 61.1 Å². The monoisotopic (exact) mass is 1970 g/mol. The number of urea groups is 1. The molecule has 764 valence electrons. The maximum absolute atomic E-state index is 13.8. The molecule has 5 aliphatic heterocycles. The number of amidine groups is 2. The number of amides is 12. The molecule has 0 fully saturated rings. The van der Waals surface area contributed by atoms with E-state index < -0.39 is 41.6 Å². The van der Waals surface area contributed by atoms with Crippen molar-refractivity contribution in [1.29, 1.82) is 0 Å². The molecule has 0 aliphatic carbocycles. The van der Waals surface area contributed by atoms with Gasteiger partial charge in [-0.15, -0.1) is 0 Å². The standard InChI is InChI=1S/C68H85N11O11.C41H52N8O5/c1-5-30-78(31-6-2)67(88)51-35-49-23-24-50(37-58(49)75-60(69)38-51)65(86)74-53-36-52-42-77(33-27-56(52)73-40-53)41-46-19-21-48(22-20-46)64(85)71-28-11-14-63(84)90-43-47-17-15-45(16-18-47)34-59(81)57(13-10-29-72-68(70)89)76-66(87)55(44(3)4)39-54(80)12-8-7-9-32-79-61(82)25-26-62(79)83;1-6-17-49(18-7-2)39(52)31-20-29-12-13-30(22-35(29)46-36(23-31)47-40(53)54-41(3,4)5)38(51)45-33-21-32-26-48(19-14-34(32)44-24-33)25-27-8-10-28(11-9-27)37(50)43-16-15-42/h15-26,35-37,40,44,55,57H,5-14,27-34,38-39,41-43H2,1-4H3,(H2,69,75)(H,71,85)(H,74,86)(H,76,87)(H3,70,72,89);8-13,20-22,24H,6-7,14-19,23,25-26,42H2,1-5H3,(H,43,50)(H,45,51)(H,46,47,53)/t55-,57-;/m0./s1. The van der Waals surface area contributed by atoms with Crippen LogP contribution in [0.2, 0.25) is 0 Å². The van der Waals surface area contributed by atoms with Gasteiger partial charge in [-0.2, -0.15) is 0 Å². The van der Waals surface area contributed by atoms with Gasteiger partial charge in [0.05, 0.1) is 41.2 Å². The Morgan fingerprint density at radius 2 is 1.03 bits per heavy atom. The first-order valence-electron chi connectivity index (χ1n) is 49.9. The first kappa shape index (κ1) is 110. The largest absolute Gasteiger partial charge is 0.461 e. The molecule has 0 radical (unpaired) electrons. The third-order valence-corrected chi connectivity index (χ3v) is 24.8. The van der Waals surface area contributed by atoms with Gasteiger partial charge < -0.3 is 68.4 Å². The van der Waals surface area contributed by atoms with E-state index >= 15 is 0 Å². The molecule has 0 unspecified atom stereocenters. The Hall–Kier alpha value is -14.6. The minimum absolute atomic E-state index is 0.00164. The zero-order chi connectivity index (χ0) is 104. The number of anilines is 2. The van der Waals surface area contributed by atoms with E-state index in [4.69, 9.17) is 31.7 Å². The minimum atomic E-state index is -0.907. The number of ketones is 2. The SMILES string of the molecule is CCCN(CCC)C(=O)C1=Cc2ccc(C(=O)Nc3cnc4c(c3)CN(Cc3ccc(C(=O)NCCCC(=O)OCc5ccc(CC(=O)[C@H](CCCNC(N)=O)NC(=O)[C@@H](CC(=O)CCCCCN6C(=O)C=CC6=O)C(C)C)cc5)cc3)CC4)cc2N=C(N)C1.CCCN(CCC)C(=O)C1=Cc2ccc(C(=O)Nc3cnc4c(c3)CN(Cc3ccc(C(=O)NCCN)cc3)CC4)cc2N=C(NC(=O)OC(C)(C)C)C1. The number of fused-ring (bicyclic) bond motifs is 4. The van der Waals surface area contributed by atoms with Gasteiger partial charge >= 0.3 is 18.1 Å². The molecule has 0 saturated heterocycles. The van der Waals surface area contributed by atoms with Crippen molar-refractivity contribution in [3.05, 3.63) is 235 Å². The van der Waals surface area contributed by atoms with Gasteiger partial charge in [-0.25, -0.2) is 19.6 Å². The third kappa shape index (κ3) is 33.5. The van der Waals surface area contributed by atoms with Crippen LogP contribution in [0.5, 0.6) is 0 Å². The van der Waals surface area contributed by atoms with Crippen molar-refractivity contribution >= 4 is 129 Å². The molecule has 7 aromatic rings. The Morgan fingerprint density at radius 3 is 1.53 bits per heavy atom. The van der Waals surface area contributed by atoms with Crippen molar-refractivity contribution in [2.75, 3.05) is 82.6 Å². The number of aliphatic imine (C=N–C) groups is 2. The molecule has 144 heavy (non-hydrogen) atoms. The van der Waals surface area contributed by atoms with Gasteiger partial charge in [0.1, 0.15) is 29.7 Å². The molecule has 0 bridgehead atoms. The van der Waals surface area contributed by atoms with E-state index in [2.05, 4.69) is 62.0 Å². The zero-order valence-corrected chi connectivity index (χ0v) is 84.1. The summed E-state index contributed by atoms with van der Waals surface area (Å²) in [6, 6.07) is 34.5. The van der Waals surface area contributed by atoms with Crippen LogP contribution >= 0.6 is 0 Å². The fourth-order valence-corrected chi connectivity index (χ4v) is 17.4. The van der Waals surface area contributed by atoms with Gasteiger partial charge in [0, 0.05) is 224 Å². The molecule has 13 N–H and O–H groups in total. The summed E-state index contributed by atoms with van der Waals surface area (Å²) in [7, 11) is 0. The number of nitrogens with two attached hydrogens (primary N) is 3. The smallest absolute Gasteiger partial charge is 0.413 e. The Morgan fingerprint density at radius 1 is 0.535 bits per heavy atom. The molecular formula is C109H137N19O16. The third-order valence-electron chi connectivity index (χ3n) is 24.8. The van der Waals surface area contributed by atoms with Crippen molar-refractivity contribution in [2.45, 2.75) is 222 Å². The van der Waals surface area contributed by atoms with Gasteiger partial charge in [0.15, 0.2) is 5.78 Å². The Labute approximate surface area is 841 Å². The molecule has 5 aliphatic rings. The van der Waals surface area contributed by atoms with Gasteiger partial charge in [0.25, 0.3) is 35.4 Å². The normalized spacial score (nSPS) is 14.2. The van der Waals surface area contributed by atoms with E-state index in [1.165, 1.54) is 12.2 Å². The highest BCUT2D eigenvalue weighted by molar-refractivity contribution is 6.14. The predicted octanol–water partition coefficient (Wildman–Crippen LogP) is 12.9. The number of rotatable bonds is 46. The molecule has 5 aromatic carbocycles. The Bertz CT molecular complexity index is 5930. The number of esters is 1. The maximum Gasteiger partial charge on any atom is 0.413 e. The molecule has 12 amide bonds. The fraction of sp³-hybridized carbons (Fsp3) is 0.431. The molecule has 0 spiro atoms. The number of nitrogens with zero attached hydrogens (tertiary/aromatic N) is 9. The van der Waals surface area contributed by atoms with Crippen LogP contribution < -0.4 is 54.4 Å². The maximum atomic E-state index is 13.8. The number of hydrogen-bond donors (Lipinski definition) is 10. The quantitative estimate of drug-likeness (QED) is 0.00962. The lowest BCUT2D eigenvalue weighted by Gasteiger charge is -2.28. The number of carbonyl (C=O) groups is 14. The average molecular weight is 1970 g/mol. The number of primary amides is 1. The van der Waals surface area contributed by atoms with Crippen molar-refractivity contribution in [2.24, 2.45) is 39.0 Å². The van der Waals surface area contributed by atoms with Crippen LogP contribution in [-0.4, -0.2) is 213 Å². The second-order valence-corrected chi connectivity index (χ2v) is 38.1. The van der Waals surface area contributed by atoms with Crippen LogP contribution in [0.1, 0.15) is 256 Å². The highest BCUT2D eigenvalue weighted by atomic mass is 16.6. The zero-order valence-electron chi connectivity index (χ0n) is 84.1. The number of hydrogen-bond acceptors (Lipinski definition) is 24. The van der Waals surface area contributed by atoms with Gasteiger partial charge in [-0.05, 0) is 191 Å². The van der Waals surface area contributed by atoms with E-state index in [1.54, 1.807) is 112 Å². The highest BCUT2D eigenvalue weighted by Crippen LogP contribution is 2.34. The number of imide groups is 1. The number of unbranched alkanes of at least 4 members (excludes halogenated alkanes) is 2. The van der Waals surface area contributed by atoms with Gasteiger partial charge in [-0.1, -0.05) is 109 Å². The summed E-state index contributed by atoms with van der Waals surface area (Å²) in [5.74, 6) is -3.52. The Kier molecular flexibility index (Phi) is 41.2. The number of pyridine rings is 2. The van der Waals surface area contributed by atoms with E-state index in [9.17, 15) is 67.1 Å². The van der Waals surface area contributed by atoms with E-state index in [1.807, 2.05) is 106 Å².